The van der Waals surface area contributed by atoms with E-state index in [1.807, 2.05) is 0 Å². The fourth-order valence-electron chi connectivity index (χ4n) is 1.33. The molecule has 0 saturated carbocycles. The molecular weight excluding hydrogens is 202 g/mol. The molecule has 0 saturated heterocycles. The minimum atomic E-state index is -0.381. The van der Waals surface area contributed by atoms with E-state index >= 15 is 0 Å². The Labute approximate surface area is 99.0 Å². The second-order valence-corrected chi connectivity index (χ2v) is 4.32. The summed E-state index contributed by atoms with van der Waals surface area (Å²) >= 11 is 0. The Morgan fingerprint density at radius 3 is 2.19 bits per heavy atom. The molecule has 3 nitrogen and oxygen atoms in total. The molecule has 0 radical (unpaired) electrons. The Kier molecular flexibility index (Phi) is 8.68. The monoisotopic (exact) mass is 227 g/mol. The molecular formula is C13H25NO2. The number of allylic oxidation sites excluding steroid dienone is 1. The highest BCUT2D eigenvalue weighted by molar-refractivity contribution is 5.88. The van der Waals surface area contributed by atoms with Crippen LogP contribution in [0.1, 0.15) is 59.3 Å². The van der Waals surface area contributed by atoms with Crippen LogP contribution in [-0.4, -0.2) is 12.6 Å². The van der Waals surface area contributed by atoms with Crippen LogP contribution in [0.2, 0.25) is 0 Å². The van der Waals surface area contributed by atoms with Gasteiger partial charge in [0.05, 0.1) is 6.61 Å². The van der Waals surface area contributed by atoms with Gasteiger partial charge in [-0.3, -0.25) is 0 Å². The summed E-state index contributed by atoms with van der Waals surface area (Å²) in [6.07, 6.45) is 7.12. The maximum atomic E-state index is 11.3. The lowest BCUT2D eigenvalue weighted by Gasteiger charge is -2.05. The number of hydrogen-bond donors (Lipinski definition) is 1. The van der Waals surface area contributed by atoms with Gasteiger partial charge in [0.25, 0.3) is 0 Å². The van der Waals surface area contributed by atoms with Gasteiger partial charge in [-0.1, -0.05) is 39.0 Å². The molecule has 0 bridgehead atoms. The number of unbranched alkanes of at least 4 members (excludes halogenated alkanes) is 5. The van der Waals surface area contributed by atoms with Crippen molar-refractivity contribution in [1.29, 1.82) is 0 Å². The van der Waals surface area contributed by atoms with Crippen LogP contribution in [0.3, 0.4) is 0 Å². The third-order valence-electron chi connectivity index (χ3n) is 2.49. The number of carbonyl (C=O) groups excluding carboxylic acids is 1. The highest BCUT2D eigenvalue weighted by Crippen LogP contribution is 2.05. The van der Waals surface area contributed by atoms with Crippen molar-refractivity contribution < 1.29 is 9.53 Å². The van der Waals surface area contributed by atoms with Crippen molar-refractivity contribution >= 4 is 5.97 Å². The largest absolute Gasteiger partial charge is 0.461 e. The molecule has 0 aliphatic rings. The number of rotatable bonds is 8. The number of ether oxygens (including phenoxy) is 1. The van der Waals surface area contributed by atoms with Gasteiger partial charge in [-0.25, -0.2) is 4.79 Å². The fourth-order valence-corrected chi connectivity index (χ4v) is 1.33. The van der Waals surface area contributed by atoms with Crippen molar-refractivity contribution in [3.63, 3.8) is 0 Å². The molecule has 0 amide bonds. The van der Waals surface area contributed by atoms with Crippen LogP contribution in [-0.2, 0) is 9.53 Å². The van der Waals surface area contributed by atoms with Crippen molar-refractivity contribution in [2.75, 3.05) is 6.61 Å². The van der Waals surface area contributed by atoms with Crippen LogP contribution in [0.5, 0.6) is 0 Å². The average Bonchev–Trinajstić information content (AvgIpc) is 2.26. The summed E-state index contributed by atoms with van der Waals surface area (Å²) in [5.41, 5.74) is 6.60. The number of hydrogen-bond acceptors (Lipinski definition) is 3. The van der Waals surface area contributed by atoms with Gasteiger partial charge in [-0.2, -0.15) is 0 Å². The summed E-state index contributed by atoms with van der Waals surface area (Å²) in [7, 11) is 0. The predicted octanol–water partition coefficient (Wildman–Crippen LogP) is 3.14. The molecule has 0 aromatic rings. The molecule has 2 N–H and O–H groups in total. The molecule has 0 aromatic heterocycles. The van der Waals surface area contributed by atoms with Crippen LogP contribution in [0.15, 0.2) is 11.3 Å². The molecule has 0 aromatic carbocycles. The third-order valence-corrected chi connectivity index (χ3v) is 2.49. The Morgan fingerprint density at radius 1 is 1.06 bits per heavy atom. The molecule has 0 unspecified atom stereocenters. The zero-order chi connectivity index (χ0) is 12.4. The van der Waals surface area contributed by atoms with E-state index in [-0.39, 0.29) is 11.7 Å². The SMILES string of the molecule is CCCCCCCCOC(=O)C(N)=C(C)C. The lowest BCUT2D eigenvalue weighted by Crippen LogP contribution is -2.16. The quantitative estimate of drug-likeness (QED) is 0.394. The van der Waals surface area contributed by atoms with Crippen LogP contribution in [0, 0.1) is 0 Å². The first-order valence-corrected chi connectivity index (χ1v) is 6.19. The Hall–Kier alpha value is -0.990. The van der Waals surface area contributed by atoms with Crippen molar-refractivity contribution in [1.82, 2.24) is 0 Å². The van der Waals surface area contributed by atoms with Crippen LogP contribution in [0.25, 0.3) is 0 Å². The topological polar surface area (TPSA) is 52.3 Å². The minimum absolute atomic E-state index is 0.242. The van der Waals surface area contributed by atoms with E-state index in [4.69, 9.17) is 10.5 Å². The van der Waals surface area contributed by atoms with Gasteiger partial charge in [0.2, 0.25) is 0 Å². The normalized spacial score (nSPS) is 9.94. The molecule has 0 fully saturated rings. The number of esters is 1. The van der Waals surface area contributed by atoms with E-state index in [9.17, 15) is 4.79 Å². The van der Waals surface area contributed by atoms with Gasteiger partial charge < -0.3 is 10.5 Å². The molecule has 0 spiro atoms. The van der Waals surface area contributed by atoms with E-state index in [2.05, 4.69) is 6.92 Å². The fraction of sp³-hybridized carbons (Fsp3) is 0.769. The lowest BCUT2D eigenvalue weighted by molar-refractivity contribution is -0.139. The average molecular weight is 227 g/mol. The Bertz CT molecular complexity index is 230. The van der Waals surface area contributed by atoms with E-state index in [0.717, 1.165) is 18.4 Å². The van der Waals surface area contributed by atoms with Crippen LogP contribution in [0.4, 0.5) is 0 Å². The predicted molar refractivity (Wildman–Crippen MR) is 66.9 cm³/mol. The number of carbonyl (C=O) groups is 1. The van der Waals surface area contributed by atoms with Crippen molar-refractivity contribution in [3.8, 4) is 0 Å². The minimum Gasteiger partial charge on any atom is -0.461 e. The molecule has 0 rings (SSSR count). The van der Waals surface area contributed by atoms with E-state index < -0.39 is 0 Å². The van der Waals surface area contributed by atoms with Crippen molar-refractivity contribution in [3.05, 3.63) is 11.3 Å². The van der Waals surface area contributed by atoms with Gasteiger partial charge >= 0.3 is 5.97 Å². The second kappa shape index (κ2) is 9.25. The summed E-state index contributed by atoms with van der Waals surface area (Å²) in [6.45, 7) is 6.30. The Morgan fingerprint density at radius 2 is 1.62 bits per heavy atom. The molecule has 3 heteroatoms. The lowest BCUT2D eigenvalue weighted by atomic mass is 10.1. The van der Waals surface area contributed by atoms with E-state index in [1.165, 1.54) is 25.7 Å². The zero-order valence-corrected chi connectivity index (χ0v) is 10.8. The third kappa shape index (κ3) is 7.32. The number of nitrogens with two attached hydrogens (primary N) is 1. The molecule has 0 aliphatic heterocycles. The van der Waals surface area contributed by atoms with Gasteiger partial charge in [0.1, 0.15) is 5.70 Å². The summed E-state index contributed by atoms with van der Waals surface area (Å²) in [5, 5.41) is 0. The van der Waals surface area contributed by atoms with E-state index in [0.29, 0.717) is 6.61 Å². The first-order chi connectivity index (χ1) is 7.59. The van der Waals surface area contributed by atoms with Crippen molar-refractivity contribution in [2.24, 2.45) is 5.73 Å². The maximum absolute atomic E-state index is 11.3. The summed E-state index contributed by atoms with van der Waals surface area (Å²) in [5.74, 6) is -0.381. The van der Waals surface area contributed by atoms with Gasteiger partial charge in [0.15, 0.2) is 0 Å². The maximum Gasteiger partial charge on any atom is 0.354 e. The highest BCUT2D eigenvalue weighted by atomic mass is 16.5. The summed E-state index contributed by atoms with van der Waals surface area (Å²) in [4.78, 5) is 11.3. The molecule has 0 aliphatic carbocycles. The molecule has 94 valence electrons. The Balaban J connectivity index is 3.46. The van der Waals surface area contributed by atoms with Crippen LogP contribution >= 0.6 is 0 Å². The van der Waals surface area contributed by atoms with Gasteiger partial charge in [-0.05, 0) is 25.8 Å². The van der Waals surface area contributed by atoms with E-state index in [1.54, 1.807) is 13.8 Å². The van der Waals surface area contributed by atoms with Crippen LogP contribution < -0.4 is 5.73 Å². The zero-order valence-electron chi connectivity index (χ0n) is 10.8. The van der Waals surface area contributed by atoms with Crippen molar-refractivity contribution in [2.45, 2.75) is 59.3 Å². The molecule has 16 heavy (non-hydrogen) atoms. The first kappa shape index (κ1) is 15.0. The first-order valence-electron chi connectivity index (χ1n) is 6.19. The summed E-state index contributed by atoms with van der Waals surface area (Å²) in [6, 6.07) is 0. The summed E-state index contributed by atoms with van der Waals surface area (Å²) < 4.78 is 5.05. The molecule has 0 heterocycles. The standard InChI is InChI=1S/C13H25NO2/c1-4-5-6-7-8-9-10-16-13(15)12(14)11(2)3/h4-10,14H2,1-3H3. The van der Waals surface area contributed by atoms with Gasteiger partial charge in [0, 0.05) is 0 Å². The highest BCUT2D eigenvalue weighted by Gasteiger charge is 2.07. The smallest absolute Gasteiger partial charge is 0.354 e. The second-order valence-electron chi connectivity index (χ2n) is 4.32. The van der Waals surface area contributed by atoms with Gasteiger partial charge in [-0.15, -0.1) is 0 Å². The molecule has 0 atom stereocenters.